The van der Waals surface area contributed by atoms with Gasteiger partial charge in [-0.2, -0.15) is 0 Å². The zero-order valence-electron chi connectivity index (χ0n) is 17.6. The SMILES string of the molecule is C=CCC1=C(Sc2nc3ccccc3o2)[C@H](C)[C@@H]2[C@@H]([C@@H](C)O[Si](C)(C)C)C(=O)N12. The molecule has 154 valence electrons. The van der Waals surface area contributed by atoms with Gasteiger partial charge in [0.15, 0.2) is 13.9 Å². The number of hydrogen-bond donors (Lipinski definition) is 0. The number of amides is 1. The average Bonchev–Trinajstić information content (AvgIpc) is 3.12. The first kappa shape index (κ1) is 20.4. The number of para-hydroxylation sites is 2. The molecule has 0 aliphatic carbocycles. The van der Waals surface area contributed by atoms with Crippen LogP contribution in [0.25, 0.3) is 11.1 Å². The van der Waals surface area contributed by atoms with Crippen LogP contribution in [0, 0.1) is 11.8 Å². The number of hydrogen-bond acceptors (Lipinski definition) is 5. The molecule has 0 saturated carbocycles. The van der Waals surface area contributed by atoms with Crippen molar-refractivity contribution in [2.24, 2.45) is 11.8 Å². The van der Waals surface area contributed by atoms with E-state index in [2.05, 4.69) is 38.1 Å². The zero-order chi connectivity index (χ0) is 20.9. The van der Waals surface area contributed by atoms with Crippen LogP contribution >= 0.6 is 11.8 Å². The van der Waals surface area contributed by atoms with Crippen molar-refractivity contribution in [1.29, 1.82) is 0 Å². The van der Waals surface area contributed by atoms with Gasteiger partial charge in [-0.1, -0.05) is 25.1 Å². The number of rotatable bonds is 7. The number of allylic oxidation sites excluding steroid dienone is 1. The van der Waals surface area contributed by atoms with E-state index in [-0.39, 0.29) is 29.9 Å². The Hall–Kier alpha value is -1.83. The van der Waals surface area contributed by atoms with Crippen LogP contribution in [0.1, 0.15) is 20.3 Å². The number of aromatic nitrogens is 1. The average molecular weight is 429 g/mol. The highest BCUT2D eigenvalue weighted by atomic mass is 32.2. The van der Waals surface area contributed by atoms with Gasteiger partial charge in [0.25, 0.3) is 5.22 Å². The van der Waals surface area contributed by atoms with Crippen LogP contribution in [0.3, 0.4) is 0 Å². The smallest absolute Gasteiger partial charge is 0.261 e. The minimum absolute atomic E-state index is 0.0727. The lowest BCUT2D eigenvalue weighted by Crippen LogP contribution is -2.64. The predicted molar refractivity (Wildman–Crippen MR) is 119 cm³/mol. The van der Waals surface area contributed by atoms with Gasteiger partial charge in [0.05, 0.1) is 18.1 Å². The van der Waals surface area contributed by atoms with Gasteiger partial charge in [-0.15, -0.1) is 6.58 Å². The Morgan fingerprint density at radius 1 is 1.38 bits per heavy atom. The van der Waals surface area contributed by atoms with Gasteiger partial charge in [0.1, 0.15) is 5.52 Å². The maximum atomic E-state index is 13.1. The summed E-state index contributed by atoms with van der Waals surface area (Å²) in [7, 11) is -1.72. The van der Waals surface area contributed by atoms with E-state index in [0.717, 1.165) is 21.7 Å². The fraction of sp³-hybridized carbons (Fsp3) is 0.455. The van der Waals surface area contributed by atoms with Gasteiger partial charge < -0.3 is 13.7 Å². The molecule has 0 radical (unpaired) electrons. The fourth-order valence-electron chi connectivity index (χ4n) is 4.50. The lowest BCUT2D eigenvalue weighted by atomic mass is 9.79. The molecule has 1 aromatic carbocycles. The molecule has 2 aliphatic heterocycles. The van der Waals surface area contributed by atoms with Crippen molar-refractivity contribution in [2.45, 2.75) is 57.3 Å². The molecule has 0 bridgehead atoms. The predicted octanol–water partition coefficient (Wildman–Crippen LogP) is 5.42. The summed E-state index contributed by atoms with van der Waals surface area (Å²) in [6.07, 6.45) is 2.45. The van der Waals surface area contributed by atoms with Gasteiger partial charge >= 0.3 is 0 Å². The van der Waals surface area contributed by atoms with E-state index in [1.807, 2.05) is 42.2 Å². The molecule has 1 saturated heterocycles. The number of fused-ring (bicyclic) bond motifs is 2. The number of oxazole rings is 1. The Bertz CT molecular complexity index is 960. The summed E-state index contributed by atoms with van der Waals surface area (Å²) in [4.78, 5) is 20.8. The second kappa shape index (κ2) is 7.45. The molecule has 7 heteroatoms. The first-order valence-corrected chi connectivity index (χ1v) is 14.3. The minimum Gasteiger partial charge on any atom is -0.431 e. The summed E-state index contributed by atoms with van der Waals surface area (Å²) >= 11 is 1.54. The number of carbonyl (C=O) groups excluding carboxylic acids is 1. The molecule has 4 rings (SSSR count). The Labute approximate surface area is 177 Å². The largest absolute Gasteiger partial charge is 0.431 e. The van der Waals surface area contributed by atoms with E-state index in [4.69, 9.17) is 8.84 Å². The summed E-state index contributed by atoms with van der Waals surface area (Å²) in [6.45, 7) is 14.6. The molecule has 5 nitrogen and oxygen atoms in total. The Morgan fingerprint density at radius 2 is 2.10 bits per heavy atom. The lowest BCUT2D eigenvalue weighted by molar-refractivity contribution is -0.158. The quantitative estimate of drug-likeness (QED) is 0.335. The Balaban J connectivity index is 1.62. The highest BCUT2D eigenvalue weighted by Crippen LogP contribution is 2.53. The number of benzene rings is 1. The van der Waals surface area contributed by atoms with Crippen LogP contribution in [-0.2, 0) is 9.22 Å². The van der Waals surface area contributed by atoms with Crippen LogP contribution in [0.2, 0.25) is 19.6 Å². The molecular formula is C22H28N2O3SSi. The van der Waals surface area contributed by atoms with Crippen LogP contribution < -0.4 is 0 Å². The number of β-lactam (4-membered cyclic amide) rings is 1. The lowest BCUT2D eigenvalue weighted by Gasteiger charge is -2.49. The van der Waals surface area contributed by atoms with Crippen molar-refractivity contribution in [1.82, 2.24) is 9.88 Å². The molecule has 4 atom stereocenters. The Kier molecular flexibility index (Phi) is 5.25. The molecule has 29 heavy (non-hydrogen) atoms. The summed E-state index contributed by atoms with van der Waals surface area (Å²) in [6, 6.07) is 7.90. The van der Waals surface area contributed by atoms with Gasteiger partial charge in [-0.05, 0) is 50.5 Å². The topological polar surface area (TPSA) is 55.6 Å². The summed E-state index contributed by atoms with van der Waals surface area (Å²) in [5, 5.41) is 0.618. The minimum atomic E-state index is -1.72. The molecule has 2 aromatic rings. The second-order valence-electron chi connectivity index (χ2n) is 8.80. The van der Waals surface area contributed by atoms with Crippen molar-refractivity contribution >= 4 is 37.1 Å². The highest BCUT2D eigenvalue weighted by Gasteiger charge is 2.59. The third kappa shape index (κ3) is 3.60. The van der Waals surface area contributed by atoms with E-state index in [1.165, 1.54) is 11.8 Å². The van der Waals surface area contributed by atoms with Crippen molar-refractivity contribution in [3.8, 4) is 0 Å². The van der Waals surface area contributed by atoms with E-state index in [9.17, 15) is 4.79 Å². The maximum absolute atomic E-state index is 13.1. The van der Waals surface area contributed by atoms with E-state index in [0.29, 0.717) is 11.6 Å². The summed E-state index contributed by atoms with van der Waals surface area (Å²) in [5.74, 6) is 0.274. The van der Waals surface area contributed by atoms with Gasteiger partial charge in [0, 0.05) is 22.9 Å². The van der Waals surface area contributed by atoms with Crippen LogP contribution in [0.5, 0.6) is 0 Å². The number of carbonyl (C=O) groups is 1. The molecule has 1 aromatic heterocycles. The van der Waals surface area contributed by atoms with Crippen LogP contribution in [0.4, 0.5) is 0 Å². The van der Waals surface area contributed by atoms with Crippen molar-refractivity contribution in [3.05, 3.63) is 47.5 Å². The van der Waals surface area contributed by atoms with Crippen molar-refractivity contribution < 1.29 is 13.6 Å². The first-order chi connectivity index (χ1) is 13.7. The molecule has 0 spiro atoms. The van der Waals surface area contributed by atoms with E-state index in [1.54, 1.807) is 0 Å². The van der Waals surface area contributed by atoms with Gasteiger partial charge in [0.2, 0.25) is 5.91 Å². The van der Waals surface area contributed by atoms with Crippen molar-refractivity contribution in [2.75, 3.05) is 0 Å². The standard InChI is InChI=1S/C22H28N2O3SSi/c1-7-10-16-20(28-22-23-15-11-8-9-12-17(15)26-22)13(2)19-18(21(25)24(16)19)14(3)27-29(4,5)6/h7-9,11-14,18-19H,1,10H2,2-6H3/t13-,14-,18-,19-/m1/s1. The zero-order valence-corrected chi connectivity index (χ0v) is 19.5. The first-order valence-electron chi connectivity index (χ1n) is 10.1. The molecule has 0 N–H and O–H groups in total. The van der Waals surface area contributed by atoms with Crippen LogP contribution in [-0.4, -0.2) is 36.3 Å². The van der Waals surface area contributed by atoms with Crippen molar-refractivity contribution in [3.63, 3.8) is 0 Å². The molecule has 3 heterocycles. The Morgan fingerprint density at radius 3 is 2.76 bits per heavy atom. The summed E-state index contributed by atoms with van der Waals surface area (Å²) in [5.41, 5.74) is 2.66. The number of thioether (sulfide) groups is 1. The summed E-state index contributed by atoms with van der Waals surface area (Å²) < 4.78 is 12.2. The molecule has 1 fully saturated rings. The maximum Gasteiger partial charge on any atom is 0.261 e. The molecule has 1 amide bonds. The fourth-order valence-corrected chi connectivity index (χ4v) is 6.85. The monoisotopic (exact) mass is 428 g/mol. The van der Waals surface area contributed by atoms with Gasteiger partial charge in [-0.25, -0.2) is 4.98 Å². The number of nitrogens with zero attached hydrogens (tertiary/aromatic N) is 2. The third-order valence-electron chi connectivity index (χ3n) is 5.54. The van der Waals surface area contributed by atoms with E-state index < -0.39 is 8.32 Å². The molecular weight excluding hydrogens is 400 g/mol. The third-order valence-corrected chi connectivity index (χ3v) is 7.80. The second-order valence-corrected chi connectivity index (χ2v) is 14.3. The molecule has 2 aliphatic rings. The molecule has 0 unspecified atom stereocenters. The normalized spacial score (nSPS) is 25.3. The van der Waals surface area contributed by atoms with Gasteiger partial charge in [-0.3, -0.25) is 4.79 Å². The highest BCUT2D eigenvalue weighted by molar-refractivity contribution is 8.02. The van der Waals surface area contributed by atoms with Crippen LogP contribution in [0.15, 0.2) is 57.2 Å². The van der Waals surface area contributed by atoms with E-state index >= 15 is 0 Å².